The molecule has 0 saturated carbocycles. The van der Waals surface area contributed by atoms with Crippen molar-refractivity contribution in [1.29, 1.82) is 0 Å². The number of unbranched alkanes of at least 4 members (excludes halogenated alkanes) is 1. The molecular weight excluding hydrogens is 262 g/mol. The summed E-state index contributed by atoms with van der Waals surface area (Å²) in [6, 6.07) is 9.70. The van der Waals surface area contributed by atoms with Crippen molar-refractivity contribution >= 4 is 11.8 Å². The van der Waals surface area contributed by atoms with Gasteiger partial charge in [0.15, 0.2) is 0 Å². The highest BCUT2D eigenvalue weighted by atomic mass is 32.2. The van der Waals surface area contributed by atoms with Crippen molar-refractivity contribution in [3.63, 3.8) is 0 Å². The van der Waals surface area contributed by atoms with Crippen LogP contribution in [0.5, 0.6) is 0 Å². The van der Waals surface area contributed by atoms with Crippen molar-refractivity contribution in [3.05, 3.63) is 35.4 Å². The van der Waals surface area contributed by atoms with E-state index in [1.807, 2.05) is 0 Å². The van der Waals surface area contributed by atoms with E-state index in [2.05, 4.69) is 55.2 Å². The normalized spacial score (nSPS) is 18.1. The molecule has 20 heavy (non-hydrogen) atoms. The van der Waals surface area contributed by atoms with Crippen molar-refractivity contribution < 1.29 is 0 Å². The summed E-state index contributed by atoms with van der Waals surface area (Å²) in [6.07, 6.45) is 6.57. The minimum absolute atomic E-state index is 0.477. The van der Waals surface area contributed by atoms with Gasteiger partial charge in [0.05, 0.1) is 0 Å². The lowest BCUT2D eigenvalue weighted by atomic mass is 10.0. The third-order valence-corrected chi connectivity index (χ3v) is 5.40. The Hall–Kier alpha value is -0.470. The van der Waals surface area contributed by atoms with Crippen LogP contribution in [0.4, 0.5) is 0 Å². The van der Waals surface area contributed by atoms with Crippen molar-refractivity contribution in [2.75, 3.05) is 18.1 Å². The zero-order chi connectivity index (χ0) is 14.2. The van der Waals surface area contributed by atoms with E-state index in [9.17, 15) is 0 Å². The molecule has 1 unspecified atom stereocenters. The fourth-order valence-corrected chi connectivity index (χ4v) is 3.97. The fraction of sp³-hybridized carbons (Fsp3) is 0.667. The summed E-state index contributed by atoms with van der Waals surface area (Å²) in [5.74, 6) is 3.60. The minimum atomic E-state index is 0.477. The molecule has 1 aliphatic rings. The Bertz CT molecular complexity index is 368. The Morgan fingerprint density at radius 3 is 2.55 bits per heavy atom. The standard InChI is InChI=1S/C18H29NS/c1-3-4-5-16-6-8-18(9-7-16)15(2)19-14-17-10-12-20-13-11-17/h6-9,15,17,19H,3-5,10-14H2,1-2H3. The number of hydrogen-bond donors (Lipinski definition) is 1. The number of rotatable bonds is 7. The first-order valence-corrected chi connectivity index (χ1v) is 9.35. The van der Waals surface area contributed by atoms with Gasteiger partial charge in [-0.2, -0.15) is 11.8 Å². The SMILES string of the molecule is CCCCc1ccc(C(C)NCC2CCSCC2)cc1. The largest absolute Gasteiger partial charge is 0.310 e. The number of benzene rings is 1. The van der Waals surface area contributed by atoms with Crippen LogP contribution in [-0.2, 0) is 6.42 Å². The molecule has 1 nitrogen and oxygen atoms in total. The van der Waals surface area contributed by atoms with E-state index in [1.165, 1.54) is 61.3 Å². The van der Waals surface area contributed by atoms with Gasteiger partial charge >= 0.3 is 0 Å². The molecule has 1 heterocycles. The Morgan fingerprint density at radius 1 is 1.20 bits per heavy atom. The molecule has 2 heteroatoms. The molecular formula is C18H29NS. The molecule has 1 aromatic rings. The van der Waals surface area contributed by atoms with E-state index < -0.39 is 0 Å². The van der Waals surface area contributed by atoms with Gasteiger partial charge in [0.25, 0.3) is 0 Å². The molecule has 0 aromatic heterocycles. The monoisotopic (exact) mass is 291 g/mol. The maximum absolute atomic E-state index is 3.72. The van der Waals surface area contributed by atoms with Crippen LogP contribution < -0.4 is 5.32 Å². The summed E-state index contributed by atoms with van der Waals surface area (Å²) >= 11 is 2.11. The summed E-state index contributed by atoms with van der Waals surface area (Å²) in [5.41, 5.74) is 2.91. The van der Waals surface area contributed by atoms with Crippen LogP contribution in [0.3, 0.4) is 0 Å². The molecule has 1 atom stereocenters. The number of nitrogens with one attached hydrogen (secondary N) is 1. The maximum atomic E-state index is 3.72. The average Bonchev–Trinajstić information content (AvgIpc) is 2.52. The molecule has 0 amide bonds. The van der Waals surface area contributed by atoms with Crippen molar-refractivity contribution in [2.24, 2.45) is 5.92 Å². The highest BCUT2D eigenvalue weighted by molar-refractivity contribution is 7.99. The summed E-state index contributed by atoms with van der Waals surface area (Å²) in [6.45, 7) is 5.72. The van der Waals surface area contributed by atoms with Gasteiger partial charge in [0, 0.05) is 6.04 Å². The number of thioether (sulfide) groups is 1. The van der Waals surface area contributed by atoms with Gasteiger partial charge in [0.2, 0.25) is 0 Å². The van der Waals surface area contributed by atoms with Gasteiger partial charge in [-0.05, 0) is 67.7 Å². The molecule has 0 bridgehead atoms. The topological polar surface area (TPSA) is 12.0 Å². The van der Waals surface area contributed by atoms with Crippen molar-refractivity contribution in [1.82, 2.24) is 5.32 Å². The van der Waals surface area contributed by atoms with Crippen molar-refractivity contribution in [3.8, 4) is 0 Å². The predicted octanol–water partition coefficient (Wildman–Crippen LogP) is 4.82. The Kier molecular flexibility index (Phi) is 6.95. The van der Waals surface area contributed by atoms with Crippen LogP contribution in [0.25, 0.3) is 0 Å². The van der Waals surface area contributed by atoms with E-state index in [4.69, 9.17) is 0 Å². The van der Waals surface area contributed by atoms with Crippen molar-refractivity contribution in [2.45, 2.75) is 52.0 Å². The van der Waals surface area contributed by atoms with Crippen LogP contribution in [0.15, 0.2) is 24.3 Å². The second-order valence-corrected chi connectivity index (χ2v) is 7.26. The molecule has 1 fully saturated rings. The second-order valence-electron chi connectivity index (χ2n) is 6.03. The van der Waals surface area contributed by atoms with Gasteiger partial charge < -0.3 is 5.32 Å². The zero-order valence-electron chi connectivity index (χ0n) is 13.0. The molecule has 1 aliphatic heterocycles. The van der Waals surface area contributed by atoms with Crippen LogP contribution >= 0.6 is 11.8 Å². The molecule has 1 N–H and O–H groups in total. The molecule has 112 valence electrons. The van der Waals surface area contributed by atoms with Gasteiger partial charge in [-0.15, -0.1) is 0 Å². The predicted molar refractivity (Wildman–Crippen MR) is 91.5 cm³/mol. The second kappa shape index (κ2) is 8.74. The maximum Gasteiger partial charge on any atom is 0.0291 e. The molecule has 2 rings (SSSR count). The minimum Gasteiger partial charge on any atom is -0.310 e. The average molecular weight is 292 g/mol. The summed E-state index contributed by atoms with van der Waals surface area (Å²) in [7, 11) is 0. The van der Waals surface area contributed by atoms with Crippen LogP contribution in [0, 0.1) is 5.92 Å². The van der Waals surface area contributed by atoms with Crippen LogP contribution in [-0.4, -0.2) is 18.1 Å². The van der Waals surface area contributed by atoms with E-state index >= 15 is 0 Å². The van der Waals surface area contributed by atoms with E-state index in [1.54, 1.807) is 0 Å². The summed E-state index contributed by atoms with van der Waals surface area (Å²) in [5, 5.41) is 3.72. The Balaban J connectivity index is 1.77. The highest BCUT2D eigenvalue weighted by Crippen LogP contribution is 2.23. The third-order valence-electron chi connectivity index (χ3n) is 4.35. The first-order valence-electron chi connectivity index (χ1n) is 8.19. The molecule has 0 radical (unpaired) electrons. The lowest BCUT2D eigenvalue weighted by Gasteiger charge is -2.24. The van der Waals surface area contributed by atoms with Crippen LogP contribution in [0.1, 0.15) is 56.7 Å². The molecule has 0 spiro atoms. The van der Waals surface area contributed by atoms with E-state index in [0.29, 0.717) is 6.04 Å². The first-order chi connectivity index (χ1) is 9.79. The summed E-state index contributed by atoms with van der Waals surface area (Å²) in [4.78, 5) is 0. The first kappa shape index (κ1) is 15.9. The Labute approximate surface area is 128 Å². The number of aryl methyl sites for hydroxylation is 1. The van der Waals surface area contributed by atoms with Gasteiger partial charge in [0.1, 0.15) is 0 Å². The van der Waals surface area contributed by atoms with Gasteiger partial charge in [-0.25, -0.2) is 0 Å². The van der Waals surface area contributed by atoms with E-state index in [0.717, 1.165) is 5.92 Å². The third kappa shape index (κ3) is 5.14. The zero-order valence-corrected chi connectivity index (χ0v) is 13.8. The highest BCUT2D eigenvalue weighted by Gasteiger charge is 2.14. The lowest BCUT2D eigenvalue weighted by molar-refractivity contribution is 0.421. The molecule has 1 aromatic carbocycles. The molecule has 0 aliphatic carbocycles. The van der Waals surface area contributed by atoms with Gasteiger partial charge in [-0.3, -0.25) is 0 Å². The van der Waals surface area contributed by atoms with Gasteiger partial charge in [-0.1, -0.05) is 37.6 Å². The quantitative estimate of drug-likeness (QED) is 0.772. The number of hydrogen-bond acceptors (Lipinski definition) is 2. The van der Waals surface area contributed by atoms with Crippen LogP contribution in [0.2, 0.25) is 0 Å². The van der Waals surface area contributed by atoms with E-state index in [-0.39, 0.29) is 0 Å². The fourth-order valence-electron chi connectivity index (χ4n) is 2.77. The summed E-state index contributed by atoms with van der Waals surface area (Å²) < 4.78 is 0. The smallest absolute Gasteiger partial charge is 0.0291 e. The molecule has 1 saturated heterocycles. The Morgan fingerprint density at radius 2 is 1.90 bits per heavy atom. The lowest BCUT2D eigenvalue weighted by Crippen LogP contribution is -2.28.